The van der Waals surface area contributed by atoms with Crippen molar-refractivity contribution in [3.05, 3.63) is 36.9 Å². The van der Waals surface area contributed by atoms with Gasteiger partial charge in [0, 0.05) is 0 Å². The molecular formula is C6H7BN4O3. The van der Waals surface area contributed by atoms with Gasteiger partial charge in [-0.3, -0.25) is 0 Å². The highest BCUT2D eigenvalue weighted by Gasteiger charge is 2.23. The van der Waals surface area contributed by atoms with Crippen molar-refractivity contribution in [2.45, 2.75) is 0 Å². The number of rotatable bonds is 4. The fraction of sp³-hybridized carbons (Fsp3) is 0. The molecule has 0 radical (unpaired) electrons. The molecule has 0 bridgehead atoms. The lowest BCUT2D eigenvalue weighted by Gasteiger charge is -2.08. The molecule has 0 aliphatic heterocycles. The summed E-state index contributed by atoms with van der Waals surface area (Å²) in [5.74, 6) is 0. The molecule has 0 aliphatic carbocycles. The highest BCUT2D eigenvalue weighted by atomic mass is 16.8. The van der Waals surface area contributed by atoms with Gasteiger partial charge in [0.1, 0.15) is 0 Å². The summed E-state index contributed by atoms with van der Waals surface area (Å²) in [7, 11) is -1.46. The zero-order valence-electron chi connectivity index (χ0n) is 7.09. The Hall–Kier alpha value is -1.96. The van der Waals surface area contributed by atoms with Crippen LogP contribution in [0.4, 0.5) is 0 Å². The molecule has 2 aromatic rings. The van der Waals surface area contributed by atoms with E-state index in [9.17, 15) is 5.02 Å². The van der Waals surface area contributed by atoms with Crippen molar-refractivity contribution in [1.82, 2.24) is 19.9 Å². The molecule has 0 aliphatic rings. The van der Waals surface area contributed by atoms with Crippen LogP contribution in [0.1, 0.15) is 0 Å². The van der Waals surface area contributed by atoms with Crippen LogP contribution in [0.5, 0.6) is 0 Å². The molecule has 0 spiro atoms. The van der Waals surface area contributed by atoms with Crippen molar-refractivity contribution in [2.24, 2.45) is 0 Å². The Balaban J connectivity index is 1.88. The summed E-state index contributed by atoms with van der Waals surface area (Å²) in [4.78, 5) is 2.16. The Morgan fingerprint density at radius 2 is 1.50 bits per heavy atom. The molecule has 72 valence electrons. The van der Waals surface area contributed by atoms with Crippen LogP contribution in [-0.4, -0.2) is 32.2 Å². The van der Waals surface area contributed by atoms with Crippen molar-refractivity contribution >= 4 is 7.32 Å². The summed E-state index contributed by atoms with van der Waals surface area (Å²) in [5, 5.41) is 16.6. The lowest BCUT2D eigenvalue weighted by molar-refractivity contribution is 0.0821. The van der Waals surface area contributed by atoms with Crippen molar-refractivity contribution in [3.8, 4) is 0 Å². The molecule has 0 saturated heterocycles. The molecule has 0 unspecified atom stereocenters. The molecule has 0 aromatic carbocycles. The summed E-state index contributed by atoms with van der Waals surface area (Å²) in [5.41, 5.74) is 0. The van der Waals surface area contributed by atoms with Crippen LogP contribution in [0.25, 0.3) is 0 Å². The van der Waals surface area contributed by atoms with Crippen LogP contribution in [-0.2, 0) is 0 Å². The maximum Gasteiger partial charge on any atom is 0.828 e. The average molecular weight is 194 g/mol. The Morgan fingerprint density at radius 1 is 1.00 bits per heavy atom. The van der Waals surface area contributed by atoms with Gasteiger partial charge in [-0.25, -0.2) is 0 Å². The molecule has 2 heterocycles. The summed E-state index contributed by atoms with van der Waals surface area (Å²) in [6, 6.07) is 3.31. The molecule has 0 saturated carbocycles. The van der Waals surface area contributed by atoms with Crippen molar-refractivity contribution < 1.29 is 14.5 Å². The lowest BCUT2D eigenvalue weighted by Crippen LogP contribution is -2.40. The molecule has 2 rings (SSSR count). The normalized spacial score (nSPS) is 9.79. The Kier molecular flexibility index (Phi) is 2.37. The lowest BCUT2D eigenvalue weighted by atomic mass is 10.3. The Bertz CT molecular complexity index is 326. The molecule has 14 heavy (non-hydrogen) atoms. The van der Waals surface area contributed by atoms with E-state index >= 15 is 0 Å². The van der Waals surface area contributed by atoms with Gasteiger partial charge in [0.15, 0.2) is 0 Å². The second kappa shape index (κ2) is 3.84. The summed E-state index contributed by atoms with van der Waals surface area (Å²) >= 11 is 0. The second-order valence-corrected chi connectivity index (χ2v) is 2.34. The van der Waals surface area contributed by atoms with Crippen LogP contribution >= 0.6 is 0 Å². The van der Waals surface area contributed by atoms with E-state index in [0.717, 1.165) is 9.69 Å². The van der Waals surface area contributed by atoms with Gasteiger partial charge in [-0.15, -0.1) is 19.9 Å². The van der Waals surface area contributed by atoms with Crippen molar-refractivity contribution in [1.29, 1.82) is 0 Å². The fourth-order valence-corrected chi connectivity index (χ4v) is 0.838. The molecule has 7 nitrogen and oxygen atoms in total. The van der Waals surface area contributed by atoms with Gasteiger partial charge in [0.05, 0.1) is 24.8 Å². The molecule has 8 heteroatoms. The van der Waals surface area contributed by atoms with E-state index < -0.39 is 7.32 Å². The zero-order chi connectivity index (χ0) is 9.80. The third-order valence-corrected chi connectivity index (χ3v) is 1.36. The molecule has 0 amide bonds. The number of aromatic nitrogens is 4. The predicted molar refractivity (Wildman–Crippen MR) is 45.6 cm³/mol. The van der Waals surface area contributed by atoms with E-state index in [0.29, 0.717) is 0 Å². The predicted octanol–water partition coefficient (Wildman–Crippen LogP) is -1.39. The van der Waals surface area contributed by atoms with Gasteiger partial charge in [-0.2, -0.15) is 0 Å². The number of hydrogen-bond acceptors (Lipinski definition) is 5. The van der Waals surface area contributed by atoms with Crippen LogP contribution in [0, 0.1) is 0 Å². The quantitative estimate of drug-likeness (QED) is 0.606. The maximum absolute atomic E-state index is 9.23. The second-order valence-electron chi connectivity index (χ2n) is 2.34. The maximum atomic E-state index is 9.23. The van der Waals surface area contributed by atoms with Gasteiger partial charge in [0.25, 0.3) is 0 Å². The van der Waals surface area contributed by atoms with Crippen LogP contribution in [0.3, 0.4) is 0 Å². The molecule has 0 atom stereocenters. The highest BCUT2D eigenvalue weighted by Crippen LogP contribution is 1.83. The fourth-order valence-electron chi connectivity index (χ4n) is 0.838. The van der Waals surface area contributed by atoms with E-state index in [-0.39, 0.29) is 0 Å². The first-order valence-electron chi connectivity index (χ1n) is 3.86. The largest absolute Gasteiger partial charge is 0.828 e. The van der Waals surface area contributed by atoms with E-state index in [1.54, 1.807) is 12.1 Å². The molecule has 2 aromatic heterocycles. The first kappa shape index (κ1) is 8.63. The number of hydrogen-bond donors (Lipinski definition) is 1. The molecule has 0 fully saturated rings. The third-order valence-electron chi connectivity index (χ3n) is 1.36. The SMILES string of the molecule is OB(On1cccn1)On1cccn1. The van der Waals surface area contributed by atoms with E-state index in [2.05, 4.69) is 10.2 Å². The first-order chi connectivity index (χ1) is 6.84. The highest BCUT2D eigenvalue weighted by molar-refractivity contribution is 6.34. The first-order valence-corrected chi connectivity index (χ1v) is 3.86. The van der Waals surface area contributed by atoms with Crippen molar-refractivity contribution in [2.75, 3.05) is 0 Å². The number of nitrogens with zero attached hydrogens (tertiary/aromatic N) is 4. The van der Waals surface area contributed by atoms with E-state index in [1.165, 1.54) is 24.8 Å². The van der Waals surface area contributed by atoms with Gasteiger partial charge in [-0.1, -0.05) is 0 Å². The Labute approximate surface area is 79.6 Å². The minimum absolute atomic E-state index is 1.08. The third kappa shape index (κ3) is 2.05. The van der Waals surface area contributed by atoms with E-state index in [1.807, 2.05) is 0 Å². The summed E-state index contributed by atoms with van der Waals surface area (Å²) in [6.07, 6.45) is 6.08. The monoisotopic (exact) mass is 194 g/mol. The van der Waals surface area contributed by atoms with Crippen LogP contribution < -0.4 is 9.51 Å². The standard InChI is InChI=1S/C6H7BN4O3/c12-7(13-10-5-1-3-8-10)14-11-6-2-4-9-11/h1-6,12H. The summed E-state index contributed by atoms with van der Waals surface area (Å²) < 4.78 is 9.61. The molecule has 1 N–H and O–H groups in total. The Morgan fingerprint density at radius 3 is 1.86 bits per heavy atom. The van der Waals surface area contributed by atoms with Gasteiger partial charge in [0.2, 0.25) is 0 Å². The van der Waals surface area contributed by atoms with Gasteiger partial charge < -0.3 is 14.5 Å². The summed E-state index contributed by atoms with van der Waals surface area (Å²) in [6.45, 7) is 0. The minimum Gasteiger partial charge on any atom is -0.393 e. The van der Waals surface area contributed by atoms with Crippen molar-refractivity contribution in [3.63, 3.8) is 0 Å². The average Bonchev–Trinajstić information content (AvgIpc) is 2.76. The van der Waals surface area contributed by atoms with E-state index in [4.69, 9.17) is 9.51 Å². The van der Waals surface area contributed by atoms with Crippen LogP contribution in [0.2, 0.25) is 0 Å². The smallest absolute Gasteiger partial charge is 0.393 e. The van der Waals surface area contributed by atoms with Gasteiger partial charge in [-0.05, 0) is 12.1 Å². The minimum atomic E-state index is -1.46. The topological polar surface area (TPSA) is 74.3 Å². The van der Waals surface area contributed by atoms with Gasteiger partial charge >= 0.3 is 7.32 Å². The molecular weight excluding hydrogens is 187 g/mol. The van der Waals surface area contributed by atoms with Crippen LogP contribution in [0.15, 0.2) is 36.9 Å². The zero-order valence-corrected chi connectivity index (χ0v) is 7.09.